The molecule has 0 spiro atoms. The molecule has 19 heavy (non-hydrogen) atoms. The lowest BCUT2D eigenvalue weighted by Crippen LogP contribution is -2.31. The number of aromatic amines is 1. The predicted octanol–water partition coefficient (Wildman–Crippen LogP) is 2.28. The van der Waals surface area contributed by atoms with Gasteiger partial charge in [-0.1, -0.05) is 12.1 Å². The van der Waals surface area contributed by atoms with Crippen molar-refractivity contribution in [2.75, 3.05) is 13.7 Å². The number of ether oxygens (including phenoxy) is 1. The Hall–Kier alpha value is -2.23. The van der Waals surface area contributed by atoms with E-state index in [-0.39, 0.29) is 5.91 Å². The molecule has 2 aromatic rings. The van der Waals surface area contributed by atoms with Gasteiger partial charge >= 0.3 is 0 Å². The van der Waals surface area contributed by atoms with Gasteiger partial charge in [-0.25, -0.2) is 0 Å². The Morgan fingerprint density at radius 1 is 1.32 bits per heavy atom. The smallest absolute Gasteiger partial charge is 0.253 e. The maximum atomic E-state index is 11.9. The van der Waals surface area contributed by atoms with Crippen molar-refractivity contribution in [3.63, 3.8) is 0 Å². The number of fused-ring (bicyclic) bond motifs is 1. The number of hydrogen-bond acceptors (Lipinski definition) is 2. The van der Waals surface area contributed by atoms with E-state index in [1.54, 1.807) is 7.11 Å². The molecule has 0 aliphatic carbocycles. The minimum absolute atomic E-state index is 0.0177. The Bertz CT molecular complexity index is 644. The van der Waals surface area contributed by atoms with Crippen LogP contribution >= 0.6 is 0 Å². The van der Waals surface area contributed by atoms with Gasteiger partial charge in [-0.2, -0.15) is 0 Å². The van der Waals surface area contributed by atoms with E-state index in [1.165, 1.54) is 0 Å². The lowest BCUT2D eigenvalue weighted by Gasteiger charge is -2.12. The summed E-state index contributed by atoms with van der Waals surface area (Å²) in [6.07, 6.45) is 0.853. The molecule has 3 rings (SSSR count). The highest BCUT2D eigenvalue weighted by molar-refractivity contribution is 5.99. The molecular formula is C15H16N2O2. The third-order valence-corrected chi connectivity index (χ3v) is 3.57. The Morgan fingerprint density at radius 3 is 2.89 bits per heavy atom. The van der Waals surface area contributed by atoms with E-state index in [0.717, 1.165) is 40.2 Å². The Kier molecular flexibility index (Phi) is 2.78. The molecule has 0 saturated carbocycles. The van der Waals surface area contributed by atoms with E-state index in [9.17, 15) is 4.79 Å². The summed E-state index contributed by atoms with van der Waals surface area (Å²) in [5.74, 6) is 0.832. The molecule has 2 N–H and O–H groups in total. The van der Waals surface area contributed by atoms with Gasteiger partial charge in [0.15, 0.2) is 0 Å². The first-order chi connectivity index (χ1) is 9.20. The third kappa shape index (κ3) is 1.89. The summed E-state index contributed by atoms with van der Waals surface area (Å²) >= 11 is 0. The van der Waals surface area contributed by atoms with Crippen molar-refractivity contribution in [3.05, 3.63) is 41.1 Å². The fourth-order valence-corrected chi connectivity index (χ4v) is 2.61. The van der Waals surface area contributed by atoms with Crippen LogP contribution in [0.3, 0.4) is 0 Å². The Morgan fingerprint density at radius 2 is 2.16 bits per heavy atom. The zero-order chi connectivity index (χ0) is 13.4. The number of H-pyrrole nitrogens is 1. The summed E-state index contributed by atoms with van der Waals surface area (Å²) in [5.41, 5.74) is 4.86. The molecule has 1 aliphatic rings. The highest BCUT2D eigenvalue weighted by atomic mass is 16.5. The van der Waals surface area contributed by atoms with Crippen LogP contribution in [0.2, 0.25) is 0 Å². The fourth-order valence-electron chi connectivity index (χ4n) is 2.61. The van der Waals surface area contributed by atoms with Gasteiger partial charge in [-0.15, -0.1) is 0 Å². The largest absolute Gasteiger partial charge is 0.497 e. The highest BCUT2D eigenvalue weighted by Crippen LogP contribution is 2.30. The number of amides is 1. The first kappa shape index (κ1) is 11.8. The monoisotopic (exact) mass is 256 g/mol. The van der Waals surface area contributed by atoms with E-state index >= 15 is 0 Å². The minimum atomic E-state index is 0.0177. The summed E-state index contributed by atoms with van der Waals surface area (Å²) in [5, 5.41) is 2.88. The van der Waals surface area contributed by atoms with Gasteiger partial charge in [0.05, 0.1) is 12.7 Å². The van der Waals surface area contributed by atoms with E-state index in [0.29, 0.717) is 6.54 Å². The molecule has 0 radical (unpaired) electrons. The average Bonchev–Trinajstić information content (AvgIpc) is 2.77. The maximum Gasteiger partial charge on any atom is 0.253 e. The van der Waals surface area contributed by atoms with E-state index in [4.69, 9.17) is 4.74 Å². The molecule has 4 heteroatoms. The molecule has 0 fully saturated rings. The van der Waals surface area contributed by atoms with Crippen molar-refractivity contribution in [1.29, 1.82) is 0 Å². The second-order valence-corrected chi connectivity index (χ2v) is 4.72. The number of nitrogens with one attached hydrogen (secondary N) is 2. The lowest BCUT2D eigenvalue weighted by molar-refractivity contribution is 0.0945. The zero-order valence-corrected chi connectivity index (χ0v) is 11.0. The first-order valence-corrected chi connectivity index (χ1v) is 6.34. The van der Waals surface area contributed by atoms with Gasteiger partial charge in [0.1, 0.15) is 5.75 Å². The van der Waals surface area contributed by atoms with Gasteiger partial charge in [-0.05, 0) is 24.6 Å². The van der Waals surface area contributed by atoms with E-state index in [1.807, 2.05) is 31.2 Å². The van der Waals surface area contributed by atoms with Gasteiger partial charge in [0.25, 0.3) is 5.91 Å². The van der Waals surface area contributed by atoms with Crippen molar-refractivity contribution in [1.82, 2.24) is 10.3 Å². The first-order valence-electron chi connectivity index (χ1n) is 6.34. The van der Waals surface area contributed by atoms with Crippen LogP contribution in [-0.2, 0) is 6.42 Å². The van der Waals surface area contributed by atoms with Crippen LogP contribution in [0.1, 0.15) is 21.6 Å². The number of carbonyl (C=O) groups is 1. The molecule has 1 amide bonds. The van der Waals surface area contributed by atoms with Crippen LogP contribution in [0.5, 0.6) is 5.75 Å². The average molecular weight is 256 g/mol. The summed E-state index contributed by atoms with van der Waals surface area (Å²) in [6.45, 7) is 2.68. The molecule has 0 atom stereocenters. The SMILES string of the molecule is COc1cccc(-c2[nH]c3c(c2C)C(=O)NCC3)c1. The highest BCUT2D eigenvalue weighted by Gasteiger charge is 2.24. The molecule has 0 bridgehead atoms. The number of methoxy groups -OCH3 is 1. The van der Waals surface area contributed by atoms with Crippen LogP contribution < -0.4 is 10.1 Å². The minimum Gasteiger partial charge on any atom is -0.497 e. The zero-order valence-electron chi connectivity index (χ0n) is 11.0. The van der Waals surface area contributed by atoms with Crippen molar-refractivity contribution >= 4 is 5.91 Å². The van der Waals surface area contributed by atoms with Gasteiger partial charge in [-0.3, -0.25) is 4.79 Å². The van der Waals surface area contributed by atoms with Crippen LogP contribution in [0.4, 0.5) is 0 Å². The fraction of sp³-hybridized carbons (Fsp3) is 0.267. The normalized spacial score (nSPS) is 13.9. The van der Waals surface area contributed by atoms with Crippen molar-refractivity contribution in [2.24, 2.45) is 0 Å². The number of aromatic nitrogens is 1. The molecule has 1 aliphatic heterocycles. The topological polar surface area (TPSA) is 54.1 Å². The molecule has 98 valence electrons. The summed E-state index contributed by atoms with van der Waals surface area (Å²) in [7, 11) is 1.65. The molecule has 1 aromatic carbocycles. The third-order valence-electron chi connectivity index (χ3n) is 3.57. The number of carbonyl (C=O) groups excluding carboxylic acids is 1. The standard InChI is InChI=1S/C15H16N2O2/c1-9-13-12(6-7-16-15(13)18)17-14(9)10-4-3-5-11(8-10)19-2/h3-5,8,17H,6-7H2,1-2H3,(H,16,18). The number of benzene rings is 1. The van der Waals surface area contributed by atoms with E-state index in [2.05, 4.69) is 10.3 Å². The van der Waals surface area contributed by atoms with Gasteiger partial charge in [0, 0.05) is 29.9 Å². The molecule has 2 heterocycles. The van der Waals surface area contributed by atoms with Gasteiger partial charge < -0.3 is 15.0 Å². The van der Waals surface area contributed by atoms with E-state index < -0.39 is 0 Å². The lowest BCUT2D eigenvalue weighted by atomic mass is 10.0. The molecule has 4 nitrogen and oxygen atoms in total. The predicted molar refractivity (Wildman–Crippen MR) is 73.6 cm³/mol. The molecule has 0 saturated heterocycles. The van der Waals surface area contributed by atoms with Crippen molar-refractivity contribution in [2.45, 2.75) is 13.3 Å². The molecular weight excluding hydrogens is 240 g/mol. The number of hydrogen-bond donors (Lipinski definition) is 2. The maximum absolute atomic E-state index is 11.9. The van der Waals surface area contributed by atoms with Crippen molar-refractivity contribution in [3.8, 4) is 17.0 Å². The van der Waals surface area contributed by atoms with Crippen molar-refractivity contribution < 1.29 is 9.53 Å². The Labute approximate surface area is 111 Å². The quantitative estimate of drug-likeness (QED) is 0.866. The van der Waals surface area contributed by atoms with Crippen LogP contribution in [0, 0.1) is 6.92 Å². The summed E-state index contributed by atoms with van der Waals surface area (Å²) < 4.78 is 5.25. The second-order valence-electron chi connectivity index (χ2n) is 4.72. The summed E-state index contributed by atoms with van der Waals surface area (Å²) in [6, 6.07) is 7.86. The van der Waals surface area contributed by atoms with Crippen LogP contribution in [-0.4, -0.2) is 24.5 Å². The van der Waals surface area contributed by atoms with Crippen LogP contribution in [0.15, 0.2) is 24.3 Å². The van der Waals surface area contributed by atoms with Crippen LogP contribution in [0.25, 0.3) is 11.3 Å². The second kappa shape index (κ2) is 4.46. The Balaban J connectivity index is 2.13. The molecule has 1 aromatic heterocycles. The number of rotatable bonds is 2. The van der Waals surface area contributed by atoms with Gasteiger partial charge in [0.2, 0.25) is 0 Å². The summed E-state index contributed by atoms with van der Waals surface area (Å²) in [4.78, 5) is 15.3. The molecule has 0 unspecified atom stereocenters.